The summed E-state index contributed by atoms with van der Waals surface area (Å²) >= 11 is 0. The predicted molar refractivity (Wildman–Crippen MR) is 118 cm³/mol. The number of nitrogens with zero attached hydrogens (tertiary/aromatic N) is 3. The standard InChI is InChI=1S/C19H23N3O.2C2HF3O2/c1-2-10-21-19(5-1)22-11-8-18(23-14-15-6-7-15)17(22)12-16-4-3-9-20-13-16;2*3-2(4,5)1(6)7/h1-5,9-10,13,15,17-18H,6-8,11-12,14H2;2*(H,6,7)/t17-,18-;;/m0../s1. The molecule has 204 valence electrons. The van der Waals surface area contributed by atoms with Crippen LogP contribution in [-0.4, -0.2) is 69.8 Å². The zero-order valence-electron chi connectivity index (χ0n) is 19.3. The van der Waals surface area contributed by atoms with E-state index < -0.39 is 24.3 Å². The summed E-state index contributed by atoms with van der Waals surface area (Å²) in [7, 11) is 0. The molecule has 2 aromatic heterocycles. The second-order valence-corrected chi connectivity index (χ2v) is 8.22. The summed E-state index contributed by atoms with van der Waals surface area (Å²) in [6.07, 6.45) is 0.497. The van der Waals surface area contributed by atoms with E-state index in [1.807, 2.05) is 30.7 Å². The molecule has 0 amide bonds. The number of ether oxygens (including phenoxy) is 1. The average Bonchev–Trinajstić information content (AvgIpc) is 3.58. The molecule has 2 N–H and O–H groups in total. The van der Waals surface area contributed by atoms with Crippen LogP contribution in [0.4, 0.5) is 32.2 Å². The van der Waals surface area contributed by atoms with Crippen molar-refractivity contribution in [1.82, 2.24) is 9.97 Å². The first-order chi connectivity index (χ1) is 17.3. The summed E-state index contributed by atoms with van der Waals surface area (Å²) in [5, 5.41) is 14.2. The average molecular weight is 537 g/mol. The lowest BCUT2D eigenvalue weighted by molar-refractivity contribution is -0.193. The van der Waals surface area contributed by atoms with Crippen molar-refractivity contribution in [2.24, 2.45) is 5.92 Å². The number of rotatable bonds is 6. The fraction of sp³-hybridized carbons (Fsp3) is 0.478. The molecule has 0 bridgehead atoms. The molecule has 2 fully saturated rings. The molecular weight excluding hydrogens is 512 g/mol. The molecule has 8 nitrogen and oxygen atoms in total. The van der Waals surface area contributed by atoms with Crippen LogP contribution >= 0.6 is 0 Å². The van der Waals surface area contributed by atoms with Gasteiger partial charge in [0.05, 0.1) is 12.1 Å². The number of carboxylic acids is 2. The Morgan fingerprint density at radius 1 is 0.946 bits per heavy atom. The summed E-state index contributed by atoms with van der Waals surface area (Å²) in [5.74, 6) is -3.66. The summed E-state index contributed by atoms with van der Waals surface area (Å²) in [6, 6.07) is 10.6. The molecule has 1 saturated heterocycles. The van der Waals surface area contributed by atoms with Gasteiger partial charge in [0.25, 0.3) is 0 Å². The zero-order valence-corrected chi connectivity index (χ0v) is 19.3. The summed E-state index contributed by atoms with van der Waals surface area (Å²) < 4.78 is 69.7. The highest BCUT2D eigenvalue weighted by Gasteiger charge is 2.39. The lowest BCUT2D eigenvalue weighted by Gasteiger charge is -2.29. The van der Waals surface area contributed by atoms with Crippen molar-refractivity contribution in [2.45, 2.75) is 50.2 Å². The number of hydrogen-bond acceptors (Lipinski definition) is 6. The van der Waals surface area contributed by atoms with Crippen molar-refractivity contribution in [3.8, 4) is 0 Å². The smallest absolute Gasteiger partial charge is 0.475 e. The maximum atomic E-state index is 10.6. The fourth-order valence-electron chi connectivity index (χ4n) is 3.37. The van der Waals surface area contributed by atoms with Crippen LogP contribution in [0.3, 0.4) is 0 Å². The Labute approximate surface area is 207 Å². The van der Waals surface area contributed by atoms with Crippen molar-refractivity contribution >= 4 is 17.8 Å². The van der Waals surface area contributed by atoms with E-state index in [4.69, 9.17) is 24.5 Å². The van der Waals surface area contributed by atoms with Gasteiger partial charge in [-0.2, -0.15) is 26.3 Å². The highest BCUT2D eigenvalue weighted by Crippen LogP contribution is 2.33. The van der Waals surface area contributed by atoms with E-state index in [0.717, 1.165) is 37.7 Å². The number of aliphatic carboxylic acids is 2. The van der Waals surface area contributed by atoms with Crippen LogP contribution in [0.5, 0.6) is 0 Å². The minimum absolute atomic E-state index is 0.290. The third-order valence-corrected chi connectivity index (χ3v) is 5.32. The second kappa shape index (κ2) is 13.2. The van der Waals surface area contributed by atoms with Gasteiger partial charge in [0.1, 0.15) is 5.82 Å². The van der Waals surface area contributed by atoms with Gasteiger partial charge in [0.2, 0.25) is 0 Å². The highest BCUT2D eigenvalue weighted by atomic mass is 19.4. The Kier molecular flexibility index (Phi) is 10.6. The van der Waals surface area contributed by atoms with Gasteiger partial charge in [-0.1, -0.05) is 12.1 Å². The number of halogens is 6. The van der Waals surface area contributed by atoms with Gasteiger partial charge in [0.15, 0.2) is 0 Å². The van der Waals surface area contributed by atoms with E-state index in [-0.39, 0.29) is 6.10 Å². The Morgan fingerprint density at radius 3 is 2.03 bits per heavy atom. The first kappa shape index (κ1) is 29.8. The van der Waals surface area contributed by atoms with Gasteiger partial charge in [0, 0.05) is 31.7 Å². The zero-order chi connectivity index (χ0) is 27.6. The molecule has 2 atom stereocenters. The van der Waals surface area contributed by atoms with Gasteiger partial charge >= 0.3 is 24.3 Å². The van der Waals surface area contributed by atoms with Crippen molar-refractivity contribution in [3.63, 3.8) is 0 Å². The van der Waals surface area contributed by atoms with Crippen LogP contribution in [-0.2, 0) is 20.7 Å². The molecule has 0 spiro atoms. The molecule has 1 saturated carbocycles. The molecule has 1 aliphatic heterocycles. The Bertz CT molecular complexity index is 964. The van der Waals surface area contributed by atoms with E-state index in [1.54, 1.807) is 0 Å². The molecule has 3 heterocycles. The van der Waals surface area contributed by atoms with Crippen LogP contribution in [0.2, 0.25) is 0 Å². The van der Waals surface area contributed by atoms with Crippen LogP contribution in [0, 0.1) is 5.92 Å². The number of alkyl halides is 6. The summed E-state index contributed by atoms with van der Waals surface area (Å²) in [5.41, 5.74) is 1.26. The molecule has 0 aromatic carbocycles. The summed E-state index contributed by atoms with van der Waals surface area (Å²) in [4.78, 5) is 29.0. The van der Waals surface area contributed by atoms with Crippen LogP contribution in [0.15, 0.2) is 48.9 Å². The van der Waals surface area contributed by atoms with Gasteiger partial charge in [-0.3, -0.25) is 4.98 Å². The molecule has 1 aliphatic carbocycles. The third-order valence-electron chi connectivity index (χ3n) is 5.32. The summed E-state index contributed by atoms with van der Waals surface area (Å²) in [6.45, 7) is 1.93. The normalized spacial score (nSPS) is 19.2. The number of anilines is 1. The first-order valence-corrected chi connectivity index (χ1v) is 11.1. The van der Waals surface area contributed by atoms with Gasteiger partial charge < -0.3 is 19.8 Å². The topological polar surface area (TPSA) is 113 Å². The molecule has 2 aromatic rings. The van der Waals surface area contributed by atoms with E-state index in [0.29, 0.717) is 6.04 Å². The van der Waals surface area contributed by atoms with E-state index in [9.17, 15) is 26.3 Å². The highest BCUT2D eigenvalue weighted by molar-refractivity contribution is 5.73. The van der Waals surface area contributed by atoms with E-state index in [2.05, 4.69) is 33.1 Å². The minimum atomic E-state index is -5.08. The quantitative estimate of drug-likeness (QED) is 0.523. The SMILES string of the molecule is O=C(O)C(F)(F)F.O=C(O)C(F)(F)F.c1ccc(N2CC[C@H](OCC3CC3)[C@@H]2Cc2cccnc2)nc1. The fourth-order valence-corrected chi connectivity index (χ4v) is 3.37. The largest absolute Gasteiger partial charge is 0.490 e. The molecule has 0 unspecified atom stereocenters. The Hall–Kier alpha value is -3.42. The minimum Gasteiger partial charge on any atom is -0.475 e. The predicted octanol–water partition coefficient (Wildman–Crippen LogP) is 4.36. The maximum Gasteiger partial charge on any atom is 0.490 e. The van der Waals surface area contributed by atoms with E-state index >= 15 is 0 Å². The monoisotopic (exact) mass is 537 g/mol. The number of hydrogen-bond donors (Lipinski definition) is 2. The van der Waals surface area contributed by atoms with Crippen molar-refractivity contribution in [3.05, 3.63) is 54.5 Å². The maximum absolute atomic E-state index is 10.6. The Balaban J connectivity index is 0.000000286. The number of carboxylic acid groups (broad SMARTS) is 2. The number of pyridine rings is 2. The third kappa shape index (κ3) is 10.6. The van der Waals surface area contributed by atoms with E-state index in [1.165, 1.54) is 18.4 Å². The second-order valence-electron chi connectivity index (χ2n) is 8.22. The van der Waals surface area contributed by atoms with Gasteiger partial charge in [-0.15, -0.1) is 0 Å². The first-order valence-electron chi connectivity index (χ1n) is 11.1. The molecular formula is C23H25F6N3O5. The lowest BCUT2D eigenvalue weighted by atomic mass is 10.0. The Morgan fingerprint density at radius 2 is 1.57 bits per heavy atom. The molecule has 0 radical (unpaired) electrons. The molecule has 37 heavy (non-hydrogen) atoms. The molecule has 2 aliphatic rings. The lowest BCUT2D eigenvalue weighted by Crippen LogP contribution is -2.39. The van der Waals surface area contributed by atoms with Crippen LogP contribution < -0.4 is 4.90 Å². The molecule has 14 heteroatoms. The molecule has 4 rings (SSSR count). The van der Waals surface area contributed by atoms with Gasteiger partial charge in [-0.05, 0) is 55.4 Å². The number of carbonyl (C=O) groups is 2. The van der Waals surface area contributed by atoms with Crippen LogP contribution in [0.1, 0.15) is 24.8 Å². The van der Waals surface area contributed by atoms with Crippen molar-refractivity contribution in [1.29, 1.82) is 0 Å². The van der Waals surface area contributed by atoms with Gasteiger partial charge in [-0.25, -0.2) is 14.6 Å². The van der Waals surface area contributed by atoms with Crippen LogP contribution in [0.25, 0.3) is 0 Å². The van der Waals surface area contributed by atoms with Crippen molar-refractivity contribution in [2.75, 3.05) is 18.1 Å². The number of aromatic nitrogens is 2. The van der Waals surface area contributed by atoms with Crippen molar-refractivity contribution < 1.29 is 50.9 Å².